The van der Waals surface area contributed by atoms with Crippen molar-refractivity contribution in [3.8, 4) is 0 Å². The molecule has 1 fully saturated rings. The first-order valence-corrected chi connectivity index (χ1v) is 7.21. The van der Waals surface area contributed by atoms with Crippen LogP contribution in [0.3, 0.4) is 0 Å². The third-order valence-corrected chi connectivity index (χ3v) is 4.17. The first-order valence-electron chi connectivity index (χ1n) is 7.21. The molecule has 0 aromatic carbocycles. The van der Waals surface area contributed by atoms with E-state index in [-0.39, 0.29) is 19.1 Å². The molecule has 3 amide bonds. The third-order valence-electron chi connectivity index (χ3n) is 4.17. The zero-order valence-corrected chi connectivity index (χ0v) is 12.9. The number of primary amides is 1. The predicted molar refractivity (Wildman–Crippen MR) is 77.5 cm³/mol. The van der Waals surface area contributed by atoms with E-state index in [1.54, 1.807) is 13.8 Å². The SMILES string of the molecule is CCCC1(C(=O)O)CCN(C(=O)NCC(C)(C)C(N)=O)C1. The van der Waals surface area contributed by atoms with Crippen molar-refractivity contribution in [3.63, 3.8) is 0 Å². The quantitative estimate of drug-likeness (QED) is 0.672. The molecule has 0 radical (unpaired) electrons. The maximum atomic E-state index is 12.1. The molecular formula is C14H25N3O4. The van der Waals surface area contributed by atoms with Crippen LogP contribution in [0, 0.1) is 10.8 Å². The fraction of sp³-hybridized carbons (Fsp3) is 0.786. The second-order valence-electron chi connectivity index (χ2n) is 6.41. The maximum Gasteiger partial charge on any atom is 0.317 e. The van der Waals surface area contributed by atoms with Crippen molar-refractivity contribution in [2.45, 2.75) is 40.0 Å². The molecule has 1 rings (SSSR count). The van der Waals surface area contributed by atoms with E-state index in [4.69, 9.17) is 5.73 Å². The zero-order valence-electron chi connectivity index (χ0n) is 12.9. The monoisotopic (exact) mass is 299 g/mol. The van der Waals surface area contributed by atoms with Gasteiger partial charge in [-0.1, -0.05) is 13.3 Å². The fourth-order valence-corrected chi connectivity index (χ4v) is 2.51. The number of carboxylic acids is 1. The molecule has 0 bridgehead atoms. The van der Waals surface area contributed by atoms with Crippen molar-refractivity contribution >= 4 is 17.9 Å². The van der Waals surface area contributed by atoms with Gasteiger partial charge in [-0.05, 0) is 26.7 Å². The van der Waals surface area contributed by atoms with Crippen LogP contribution in [0.25, 0.3) is 0 Å². The van der Waals surface area contributed by atoms with Gasteiger partial charge in [0.15, 0.2) is 0 Å². The molecule has 1 heterocycles. The Morgan fingerprint density at radius 1 is 1.38 bits per heavy atom. The topological polar surface area (TPSA) is 113 Å². The summed E-state index contributed by atoms with van der Waals surface area (Å²) in [6.45, 7) is 5.99. The van der Waals surface area contributed by atoms with Gasteiger partial charge in [-0.3, -0.25) is 9.59 Å². The molecule has 0 spiro atoms. The molecule has 1 unspecified atom stereocenters. The van der Waals surface area contributed by atoms with E-state index in [2.05, 4.69) is 5.32 Å². The van der Waals surface area contributed by atoms with Crippen LogP contribution in [0.2, 0.25) is 0 Å². The number of carbonyl (C=O) groups is 3. The van der Waals surface area contributed by atoms with Gasteiger partial charge in [0, 0.05) is 19.6 Å². The van der Waals surface area contributed by atoms with Crippen LogP contribution in [0.4, 0.5) is 4.79 Å². The van der Waals surface area contributed by atoms with Crippen LogP contribution in [-0.4, -0.2) is 47.5 Å². The van der Waals surface area contributed by atoms with E-state index in [0.29, 0.717) is 19.4 Å². The molecule has 0 aromatic heterocycles. The van der Waals surface area contributed by atoms with Crippen LogP contribution >= 0.6 is 0 Å². The lowest BCUT2D eigenvalue weighted by molar-refractivity contribution is -0.148. The number of urea groups is 1. The van der Waals surface area contributed by atoms with Crippen molar-refractivity contribution in [1.29, 1.82) is 0 Å². The lowest BCUT2D eigenvalue weighted by atomic mass is 9.83. The van der Waals surface area contributed by atoms with Gasteiger partial charge in [-0.15, -0.1) is 0 Å². The molecule has 4 N–H and O–H groups in total. The van der Waals surface area contributed by atoms with E-state index in [1.165, 1.54) is 4.90 Å². The Kier molecular flexibility index (Phi) is 5.20. The Morgan fingerprint density at radius 3 is 2.48 bits per heavy atom. The van der Waals surface area contributed by atoms with E-state index in [0.717, 1.165) is 6.42 Å². The van der Waals surface area contributed by atoms with Crippen molar-refractivity contribution in [2.75, 3.05) is 19.6 Å². The Hall–Kier alpha value is -1.79. The van der Waals surface area contributed by atoms with Crippen molar-refractivity contribution < 1.29 is 19.5 Å². The average molecular weight is 299 g/mol. The summed E-state index contributed by atoms with van der Waals surface area (Å²) in [7, 11) is 0. The summed E-state index contributed by atoms with van der Waals surface area (Å²) in [5, 5.41) is 12.1. The summed E-state index contributed by atoms with van der Waals surface area (Å²) in [5.41, 5.74) is 3.58. The molecule has 120 valence electrons. The lowest BCUT2D eigenvalue weighted by Crippen LogP contribution is -2.47. The van der Waals surface area contributed by atoms with Gasteiger partial charge in [-0.2, -0.15) is 0 Å². The number of rotatable bonds is 6. The standard InChI is InChI=1S/C14H25N3O4/c1-4-5-14(11(19)20)6-7-17(9-14)12(21)16-8-13(2,3)10(15)18/h4-9H2,1-3H3,(H2,15,18)(H,16,21)(H,19,20). The Balaban J connectivity index is 2.62. The number of carbonyl (C=O) groups excluding carboxylic acids is 2. The highest BCUT2D eigenvalue weighted by molar-refractivity contribution is 5.82. The molecule has 0 aromatic rings. The van der Waals surface area contributed by atoms with Crippen LogP contribution in [0.1, 0.15) is 40.0 Å². The molecule has 7 nitrogen and oxygen atoms in total. The van der Waals surface area contributed by atoms with E-state index < -0.39 is 22.7 Å². The summed E-state index contributed by atoms with van der Waals surface area (Å²) in [6, 6.07) is -0.344. The van der Waals surface area contributed by atoms with E-state index in [1.807, 2.05) is 6.92 Å². The van der Waals surface area contributed by atoms with Gasteiger partial charge in [0.2, 0.25) is 5.91 Å². The first-order chi connectivity index (χ1) is 9.64. The van der Waals surface area contributed by atoms with Crippen LogP contribution in [0.15, 0.2) is 0 Å². The number of amides is 3. The normalized spacial score (nSPS) is 22.1. The number of nitrogens with two attached hydrogens (primary N) is 1. The molecule has 0 saturated carbocycles. The van der Waals surface area contributed by atoms with Gasteiger partial charge in [-0.25, -0.2) is 4.79 Å². The number of nitrogens with zero attached hydrogens (tertiary/aromatic N) is 1. The Labute approximate surface area is 124 Å². The number of hydrogen-bond donors (Lipinski definition) is 3. The highest BCUT2D eigenvalue weighted by Crippen LogP contribution is 2.35. The van der Waals surface area contributed by atoms with Gasteiger partial charge < -0.3 is 21.1 Å². The Bertz CT molecular complexity index is 436. The molecule has 21 heavy (non-hydrogen) atoms. The number of aliphatic carboxylic acids is 1. The van der Waals surface area contributed by atoms with Crippen molar-refractivity contribution in [3.05, 3.63) is 0 Å². The zero-order chi connectivity index (χ0) is 16.3. The summed E-state index contributed by atoms with van der Waals surface area (Å²) in [4.78, 5) is 36.3. The molecule has 1 aliphatic heterocycles. The fourth-order valence-electron chi connectivity index (χ4n) is 2.51. The first kappa shape index (κ1) is 17.3. The minimum Gasteiger partial charge on any atom is -0.481 e. The van der Waals surface area contributed by atoms with Crippen LogP contribution in [-0.2, 0) is 9.59 Å². The lowest BCUT2D eigenvalue weighted by Gasteiger charge is -2.26. The number of hydrogen-bond acceptors (Lipinski definition) is 3. The molecule has 7 heteroatoms. The average Bonchev–Trinajstić information content (AvgIpc) is 2.82. The number of likely N-dealkylation sites (tertiary alicyclic amines) is 1. The molecular weight excluding hydrogens is 274 g/mol. The molecule has 1 aliphatic rings. The summed E-state index contributed by atoms with van der Waals surface area (Å²) in [6.07, 6.45) is 1.78. The van der Waals surface area contributed by atoms with Gasteiger partial charge in [0.1, 0.15) is 0 Å². The highest BCUT2D eigenvalue weighted by Gasteiger charge is 2.45. The van der Waals surface area contributed by atoms with Gasteiger partial charge in [0.25, 0.3) is 0 Å². The largest absolute Gasteiger partial charge is 0.481 e. The second-order valence-corrected chi connectivity index (χ2v) is 6.41. The molecule has 0 aliphatic carbocycles. The summed E-state index contributed by atoms with van der Waals surface area (Å²) >= 11 is 0. The molecule has 1 saturated heterocycles. The van der Waals surface area contributed by atoms with Crippen LogP contribution in [0.5, 0.6) is 0 Å². The minimum atomic E-state index is -0.850. The highest BCUT2D eigenvalue weighted by atomic mass is 16.4. The number of nitrogens with one attached hydrogen (secondary N) is 1. The van der Waals surface area contributed by atoms with E-state index in [9.17, 15) is 19.5 Å². The third kappa shape index (κ3) is 3.86. The maximum absolute atomic E-state index is 12.1. The predicted octanol–water partition coefficient (Wildman–Crippen LogP) is 0.784. The summed E-state index contributed by atoms with van der Waals surface area (Å²) < 4.78 is 0. The van der Waals surface area contributed by atoms with Gasteiger partial charge >= 0.3 is 12.0 Å². The molecule has 1 atom stereocenters. The number of carboxylic acid groups (broad SMARTS) is 1. The van der Waals surface area contributed by atoms with E-state index >= 15 is 0 Å². The summed E-state index contributed by atoms with van der Waals surface area (Å²) in [5.74, 6) is -1.34. The smallest absolute Gasteiger partial charge is 0.317 e. The van der Waals surface area contributed by atoms with Gasteiger partial charge in [0.05, 0.1) is 10.8 Å². The minimum absolute atomic E-state index is 0.130. The van der Waals surface area contributed by atoms with Crippen LogP contribution < -0.4 is 11.1 Å². The van der Waals surface area contributed by atoms with Crippen molar-refractivity contribution in [2.24, 2.45) is 16.6 Å². The van der Waals surface area contributed by atoms with Crippen molar-refractivity contribution in [1.82, 2.24) is 10.2 Å². The Morgan fingerprint density at radius 2 is 2.00 bits per heavy atom. The second kappa shape index (κ2) is 6.32.